The number of aryl methyl sites for hydroxylation is 1. The van der Waals surface area contributed by atoms with Gasteiger partial charge in [0.2, 0.25) is 5.89 Å². The van der Waals surface area contributed by atoms with Gasteiger partial charge in [0.1, 0.15) is 5.76 Å². The third-order valence-corrected chi connectivity index (χ3v) is 4.39. The van der Waals surface area contributed by atoms with E-state index >= 15 is 0 Å². The van der Waals surface area contributed by atoms with Crippen molar-refractivity contribution in [1.82, 2.24) is 14.8 Å². The molecule has 0 atom stereocenters. The van der Waals surface area contributed by atoms with Gasteiger partial charge < -0.3 is 9.73 Å². The van der Waals surface area contributed by atoms with Gasteiger partial charge in [0.25, 0.3) is 5.91 Å². The van der Waals surface area contributed by atoms with Crippen LogP contribution >= 0.6 is 15.9 Å². The zero-order valence-electron chi connectivity index (χ0n) is 14.4. The molecular formula is C20H15BrN4O2. The fourth-order valence-electron chi connectivity index (χ4n) is 2.70. The van der Waals surface area contributed by atoms with E-state index < -0.39 is 0 Å². The van der Waals surface area contributed by atoms with E-state index in [0.717, 1.165) is 15.7 Å². The van der Waals surface area contributed by atoms with E-state index in [2.05, 4.69) is 31.3 Å². The van der Waals surface area contributed by atoms with E-state index in [4.69, 9.17) is 4.42 Å². The molecule has 0 aliphatic carbocycles. The molecule has 1 amide bonds. The Balaban J connectivity index is 1.63. The zero-order chi connectivity index (χ0) is 18.8. The minimum atomic E-state index is -0.336. The van der Waals surface area contributed by atoms with Gasteiger partial charge >= 0.3 is 0 Å². The maximum atomic E-state index is 12.8. The standard InChI is InChI=1S/C20H15BrN4O2/c1-13-18(24-20(27-13)14-7-3-2-4-8-14)19(26)23-16-9-5-6-10-17(16)25-12-15(21)11-22-25/h2-12H,1H3,(H,23,26). The lowest BCUT2D eigenvalue weighted by molar-refractivity contribution is 0.102. The maximum Gasteiger partial charge on any atom is 0.277 e. The average Bonchev–Trinajstić information content (AvgIpc) is 3.29. The molecule has 4 rings (SSSR count). The van der Waals surface area contributed by atoms with Crippen LogP contribution in [0.3, 0.4) is 0 Å². The number of carbonyl (C=O) groups is 1. The molecule has 0 spiro atoms. The zero-order valence-corrected chi connectivity index (χ0v) is 16.0. The highest BCUT2D eigenvalue weighted by molar-refractivity contribution is 9.10. The van der Waals surface area contributed by atoms with Crippen molar-refractivity contribution in [2.24, 2.45) is 0 Å². The summed E-state index contributed by atoms with van der Waals surface area (Å²) in [7, 11) is 0. The Morgan fingerprint density at radius 3 is 2.59 bits per heavy atom. The molecule has 0 fully saturated rings. The first kappa shape index (κ1) is 17.2. The van der Waals surface area contributed by atoms with Crippen LogP contribution in [0.5, 0.6) is 0 Å². The monoisotopic (exact) mass is 422 g/mol. The van der Waals surface area contributed by atoms with Crippen LogP contribution in [0.2, 0.25) is 0 Å². The highest BCUT2D eigenvalue weighted by Gasteiger charge is 2.19. The Kier molecular flexibility index (Phi) is 4.60. The number of rotatable bonds is 4. The Bertz CT molecular complexity index is 1100. The fraction of sp³-hybridized carbons (Fsp3) is 0.0500. The summed E-state index contributed by atoms with van der Waals surface area (Å²) in [5.74, 6) is 0.547. The summed E-state index contributed by atoms with van der Waals surface area (Å²) in [6.45, 7) is 1.73. The van der Waals surface area contributed by atoms with Gasteiger partial charge in [0.15, 0.2) is 5.69 Å². The number of nitrogens with zero attached hydrogens (tertiary/aromatic N) is 3. The normalized spacial score (nSPS) is 10.7. The molecule has 0 aliphatic heterocycles. The Labute approximate surface area is 164 Å². The van der Waals surface area contributed by atoms with Crippen molar-refractivity contribution in [2.45, 2.75) is 6.92 Å². The van der Waals surface area contributed by atoms with E-state index in [1.54, 1.807) is 17.8 Å². The van der Waals surface area contributed by atoms with Gasteiger partial charge in [-0.1, -0.05) is 30.3 Å². The van der Waals surface area contributed by atoms with E-state index in [0.29, 0.717) is 17.3 Å². The summed E-state index contributed by atoms with van der Waals surface area (Å²) < 4.78 is 8.22. The molecule has 1 N–H and O–H groups in total. The van der Waals surface area contributed by atoms with E-state index in [-0.39, 0.29) is 11.6 Å². The van der Waals surface area contributed by atoms with Gasteiger partial charge in [-0.25, -0.2) is 9.67 Å². The molecule has 0 radical (unpaired) electrons. The number of benzene rings is 2. The summed E-state index contributed by atoms with van der Waals surface area (Å²) in [5, 5.41) is 7.18. The van der Waals surface area contributed by atoms with E-state index in [9.17, 15) is 4.79 Å². The number of nitrogens with one attached hydrogen (secondary N) is 1. The largest absolute Gasteiger partial charge is 0.441 e. The van der Waals surface area contributed by atoms with Crippen LogP contribution in [-0.2, 0) is 0 Å². The Morgan fingerprint density at radius 2 is 1.85 bits per heavy atom. The number of hydrogen-bond donors (Lipinski definition) is 1. The third-order valence-electron chi connectivity index (χ3n) is 3.98. The molecule has 6 nitrogen and oxygen atoms in total. The lowest BCUT2D eigenvalue weighted by Crippen LogP contribution is -2.15. The molecule has 27 heavy (non-hydrogen) atoms. The SMILES string of the molecule is Cc1oc(-c2ccccc2)nc1C(=O)Nc1ccccc1-n1cc(Br)cn1. The molecule has 134 valence electrons. The van der Waals surface area contributed by atoms with Crippen molar-refractivity contribution in [3.05, 3.63) is 82.9 Å². The topological polar surface area (TPSA) is 73.0 Å². The number of anilines is 1. The lowest BCUT2D eigenvalue weighted by Gasteiger charge is -2.10. The molecule has 2 aromatic carbocycles. The molecule has 0 unspecified atom stereocenters. The second kappa shape index (κ2) is 7.20. The van der Waals surface area contributed by atoms with E-state index in [1.807, 2.05) is 60.8 Å². The predicted octanol–water partition coefficient (Wildman–Crippen LogP) is 4.85. The highest BCUT2D eigenvalue weighted by atomic mass is 79.9. The number of amides is 1. The summed E-state index contributed by atoms with van der Waals surface area (Å²) in [5.41, 5.74) is 2.45. The van der Waals surface area contributed by atoms with E-state index in [1.165, 1.54) is 0 Å². The van der Waals surface area contributed by atoms with Gasteiger partial charge in [-0.05, 0) is 47.1 Å². The molecule has 0 bridgehead atoms. The first-order valence-corrected chi connectivity index (χ1v) is 9.05. The molecule has 4 aromatic rings. The number of hydrogen-bond acceptors (Lipinski definition) is 4. The summed E-state index contributed by atoms with van der Waals surface area (Å²) in [6, 6.07) is 16.9. The summed E-state index contributed by atoms with van der Waals surface area (Å²) in [4.78, 5) is 17.2. The van der Waals surface area contributed by atoms with Crippen LogP contribution in [0, 0.1) is 6.92 Å². The van der Waals surface area contributed by atoms with Crippen LogP contribution < -0.4 is 5.32 Å². The van der Waals surface area contributed by atoms with Crippen LogP contribution in [-0.4, -0.2) is 20.7 Å². The Hall–Kier alpha value is -3.19. The minimum Gasteiger partial charge on any atom is -0.441 e. The number of carbonyl (C=O) groups excluding carboxylic acids is 1. The third kappa shape index (κ3) is 3.54. The molecule has 7 heteroatoms. The van der Waals surface area contributed by atoms with Crippen molar-refractivity contribution < 1.29 is 9.21 Å². The van der Waals surface area contributed by atoms with Crippen molar-refractivity contribution in [1.29, 1.82) is 0 Å². The van der Waals surface area contributed by atoms with Crippen LogP contribution in [0.1, 0.15) is 16.2 Å². The van der Waals surface area contributed by atoms with Crippen molar-refractivity contribution in [3.8, 4) is 17.1 Å². The first-order valence-electron chi connectivity index (χ1n) is 8.25. The minimum absolute atomic E-state index is 0.255. The molecule has 0 saturated carbocycles. The number of aromatic nitrogens is 3. The Morgan fingerprint density at radius 1 is 1.11 bits per heavy atom. The maximum absolute atomic E-state index is 12.8. The van der Waals surface area contributed by atoms with Crippen molar-refractivity contribution in [2.75, 3.05) is 5.32 Å². The smallest absolute Gasteiger partial charge is 0.277 e. The molecule has 0 saturated heterocycles. The summed E-state index contributed by atoms with van der Waals surface area (Å²) in [6.07, 6.45) is 3.51. The van der Waals surface area contributed by atoms with Crippen LogP contribution in [0.15, 0.2) is 75.9 Å². The summed E-state index contributed by atoms with van der Waals surface area (Å²) >= 11 is 3.38. The molecule has 2 heterocycles. The van der Waals surface area contributed by atoms with Crippen LogP contribution in [0.25, 0.3) is 17.1 Å². The number of oxazole rings is 1. The predicted molar refractivity (Wildman–Crippen MR) is 106 cm³/mol. The van der Waals surface area contributed by atoms with Gasteiger partial charge in [0.05, 0.1) is 22.0 Å². The fourth-order valence-corrected chi connectivity index (χ4v) is 2.99. The van der Waals surface area contributed by atoms with Crippen molar-refractivity contribution >= 4 is 27.5 Å². The molecule has 0 aliphatic rings. The quantitative estimate of drug-likeness (QED) is 0.509. The van der Waals surface area contributed by atoms with Gasteiger partial charge in [-0.15, -0.1) is 0 Å². The first-order chi connectivity index (χ1) is 13.1. The second-order valence-corrected chi connectivity index (χ2v) is 6.78. The van der Waals surface area contributed by atoms with Gasteiger partial charge in [-0.3, -0.25) is 4.79 Å². The second-order valence-electron chi connectivity index (χ2n) is 5.86. The molecular weight excluding hydrogens is 408 g/mol. The number of para-hydroxylation sites is 2. The lowest BCUT2D eigenvalue weighted by atomic mass is 10.2. The van der Waals surface area contributed by atoms with Gasteiger partial charge in [0, 0.05) is 11.8 Å². The van der Waals surface area contributed by atoms with Crippen LogP contribution in [0.4, 0.5) is 5.69 Å². The van der Waals surface area contributed by atoms with Crippen molar-refractivity contribution in [3.63, 3.8) is 0 Å². The number of halogens is 1. The van der Waals surface area contributed by atoms with Gasteiger partial charge in [-0.2, -0.15) is 5.10 Å². The average molecular weight is 423 g/mol. The highest BCUT2D eigenvalue weighted by Crippen LogP contribution is 2.24. The molecule has 2 aromatic heterocycles.